The molecule has 4 unspecified atom stereocenters. The van der Waals surface area contributed by atoms with Gasteiger partial charge in [-0.1, -0.05) is 48.5 Å². The lowest BCUT2D eigenvalue weighted by Crippen LogP contribution is -2.36. The van der Waals surface area contributed by atoms with Crippen LogP contribution in [0.1, 0.15) is 22.3 Å². The van der Waals surface area contributed by atoms with Gasteiger partial charge in [0.2, 0.25) is 0 Å². The van der Waals surface area contributed by atoms with E-state index >= 15 is 0 Å². The maximum Gasteiger partial charge on any atom is 0.119 e. The molecule has 2 aliphatic rings. The molecule has 0 saturated carbocycles. The van der Waals surface area contributed by atoms with E-state index in [-0.39, 0.29) is 25.4 Å². The van der Waals surface area contributed by atoms with E-state index in [4.69, 9.17) is 28.4 Å². The van der Waals surface area contributed by atoms with Gasteiger partial charge >= 0.3 is 0 Å². The summed E-state index contributed by atoms with van der Waals surface area (Å²) in [5.41, 5.74) is 4.63. The van der Waals surface area contributed by atoms with Gasteiger partial charge in [-0.2, -0.15) is 0 Å². The molecule has 4 aromatic rings. The van der Waals surface area contributed by atoms with Crippen LogP contribution in [0.2, 0.25) is 0 Å². The normalized spacial score (nSPS) is 18.2. The van der Waals surface area contributed by atoms with Gasteiger partial charge in [-0.05, 0) is 83.6 Å². The highest BCUT2D eigenvalue weighted by Crippen LogP contribution is 2.21. The summed E-state index contributed by atoms with van der Waals surface area (Å²) in [6, 6.07) is 31.6. The van der Waals surface area contributed by atoms with Gasteiger partial charge in [0.15, 0.2) is 0 Å². The fourth-order valence-corrected chi connectivity index (χ4v) is 4.58. The Morgan fingerprint density at radius 3 is 1.02 bits per heavy atom. The molecule has 230 valence electrons. The molecule has 2 fully saturated rings. The number of aliphatic hydroxyl groups is 2. The second-order valence-electron chi connectivity index (χ2n) is 11.2. The average Bonchev–Trinajstić information content (AvgIpc) is 3.99. The standard InChI is InChI=1S/C36H38O8/c37-35(23-43-31-13-5-27(6-14-31)17-25-1-9-29(10-2-25)39-19-33-21-41-33)36(38)24-44-32-15-7-28(8-16-32)18-26-3-11-30(12-4-26)40-20-34-22-42-34/h1-16,33-38H,17-24H2. The van der Waals surface area contributed by atoms with Crippen LogP contribution in [0.3, 0.4) is 0 Å². The average molecular weight is 599 g/mol. The lowest BCUT2D eigenvalue weighted by molar-refractivity contribution is -0.0288. The summed E-state index contributed by atoms with van der Waals surface area (Å²) in [6.07, 6.45) is -0.135. The molecule has 6 rings (SSSR count). The van der Waals surface area contributed by atoms with Crippen LogP contribution < -0.4 is 18.9 Å². The van der Waals surface area contributed by atoms with Crippen molar-refractivity contribution in [2.45, 2.75) is 37.3 Å². The van der Waals surface area contributed by atoms with Gasteiger partial charge < -0.3 is 38.6 Å². The first-order chi connectivity index (χ1) is 21.6. The first-order valence-electron chi connectivity index (χ1n) is 15.0. The Kier molecular flexibility index (Phi) is 9.94. The minimum atomic E-state index is -1.09. The van der Waals surface area contributed by atoms with Gasteiger partial charge in [0.1, 0.15) is 73.8 Å². The highest BCUT2D eigenvalue weighted by Gasteiger charge is 2.23. The number of epoxide rings is 2. The van der Waals surface area contributed by atoms with Crippen molar-refractivity contribution in [1.29, 1.82) is 0 Å². The molecule has 2 aliphatic heterocycles. The lowest BCUT2D eigenvalue weighted by Gasteiger charge is -2.19. The highest BCUT2D eigenvalue weighted by atomic mass is 16.6. The Hall–Kier alpha value is -4.08. The van der Waals surface area contributed by atoms with Gasteiger partial charge in [0.05, 0.1) is 13.2 Å². The van der Waals surface area contributed by atoms with Gasteiger partial charge in [0.25, 0.3) is 0 Å². The predicted molar refractivity (Wildman–Crippen MR) is 165 cm³/mol. The van der Waals surface area contributed by atoms with Crippen molar-refractivity contribution in [3.8, 4) is 23.0 Å². The Balaban J connectivity index is 0.883. The second kappa shape index (κ2) is 14.6. The number of ether oxygens (including phenoxy) is 6. The molecule has 44 heavy (non-hydrogen) atoms. The molecule has 8 heteroatoms. The van der Waals surface area contributed by atoms with E-state index in [0.717, 1.165) is 48.7 Å². The molecular formula is C36H38O8. The third-order valence-corrected chi connectivity index (χ3v) is 7.47. The minimum absolute atomic E-state index is 0.0473. The van der Waals surface area contributed by atoms with Crippen molar-refractivity contribution in [2.24, 2.45) is 0 Å². The van der Waals surface area contributed by atoms with E-state index < -0.39 is 12.2 Å². The van der Waals surface area contributed by atoms with Crippen LogP contribution in [0, 0.1) is 0 Å². The Morgan fingerprint density at radius 2 is 0.750 bits per heavy atom. The molecule has 0 aromatic heterocycles. The first kappa shape index (κ1) is 30.0. The van der Waals surface area contributed by atoms with Crippen LogP contribution in [0.15, 0.2) is 97.1 Å². The molecule has 0 spiro atoms. The monoisotopic (exact) mass is 598 g/mol. The van der Waals surface area contributed by atoms with Crippen LogP contribution in [0.5, 0.6) is 23.0 Å². The van der Waals surface area contributed by atoms with Crippen LogP contribution in [-0.2, 0) is 22.3 Å². The summed E-state index contributed by atoms with van der Waals surface area (Å²) >= 11 is 0. The van der Waals surface area contributed by atoms with E-state index in [1.165, 1.54) is 11.1 Å². The van der Waals surface area contributed by atoms with E-state index in [9.17, 15) is 10.2 Å². The summed E-state index contributed by atoms with van der Waals surface area (Å²) in [5, 5.41) is 20.8. The van der Waals surface area contributed by atoms with Crippen molar-refractivity contribution in [3.63, 3.8) is 0 Å². The van der Waals surface area contributed by atoms with Crippen molar-refractivity contribution < 1.29 is 38.6 Å². The zero-order valence-corrected chi connectivity index (χ0v) is 24.5. The topological polar surface area (TPSA) is 102 Å². The number of benzene rings is 4. The fraction of sp³-hybridized carbons (Fsp3) is 0.333. The van der Waals surface area contributed by atoms with Crippen LogP contribution in [0.4, 0.5) is 0 Å². The molecular weight excluding hydrogens is 560 g/mol. The third kappa shape index (κ3) is 9.46. The van der Waals surface area contributed by atoms with Crippen LogP contribution in [0.25, 0.3) is 0 Å². The molecule has 0 radical (unpaired) electrons. The third-order valence-electron chi connectivity index (χ3n) is 7.47. The van der Waals surface area contributed by atoms with Gasteiger partial charge in [-0.3, -0.25) is 0 Å². The second-order valence-corrected chi connectivity index (χ2v) is 11.2. The number of aliphatic hydroxyl groups excluding tert-OH is 2. The quantitative estimate of drug-likeness (QED) is 0.170. The molecule has 2 heterocycles. The lowest BCUT2D eigenvalue weighted by atomic mass is 10.0. The summed E-state index contributed by atoms with van der Waals surface area (Å²) in [7, 11) is 0. The maximum absolute atomic E-state index is 10.4. The van der Waals surface area contributed by atoms with E-state index in [0.29, 0.717) is 24.7 Å². The van der Waals surface area contributed by atoms with Crippen molar-refractivity contribution in [1.82, 2.24) is 0 Å². The van der Waals surface area contributed by atoms with E-state index in [1.54, 1.807) is 0 Å². The highest BCUT2D eigenvalue weighted by molar-refractivity contribution is 5.35. The molecule has 4 atom stereocenters. The number of hydrogen-bond acceptors (Lipinski definition) is 8. The SMILES string of the molecule is OC(COc1ccc(Cc2ccc(OCC3CO3)cc2)cc1)C(O)COc1ccc(Cc2ccc(OCC3CO3)cc2)cc1. The number of rotatable bonds is 17. The van der Waals surface area contributed by atoms with Crippen LogP contribution >= 0.6 is 0 Å². The van der Waals surface area contributed by atoms with Crippen molar-refractivity contribution >= 4 is 0 Å². The van der Waals surface area contributed by atoms with Crippen LogP contribution in [-0.4, -0.2) is 74.3 Å². The van der Waals surface area contributed by atoms with Crippen molar-refractivity contribution in [2.75, 3.05) is 39.6 Å². The van der Waals surface area contributed by atoms with Gasteiger partial charge in [-0.15, -0.1) is 0 Å². The summed E-state index contributed by atoms with van der Waals surface area (Å²) in [5.74, 6) is 2.93. The van der Waals surface area contributed by atoms with E-state index in [2.05, 4.69) is 24.3 Å². The summed E-state index contributed by atoms with van der Waals surface area (Å²) in [4.78, 5) is 0. The van der Waals surface area contributed by atoms with Crippen molar-refractivity contribution in [3.05, 3.63) is 119 Å². The first-order valence-corrected chi connectivity index (χ1v) is 15.0. The Bertz CT molecular complexity index is 1320. The Labute approximate surface area is 257 Å². The molecule has 2 N–H and O–H groups in total. The molecule has 8 nitrogen and oxygen atoms in total. The molecule has 4 aromatic carbocycles. The Morgan fingerprint density at radius 1 is 0.477 bits per heavy atom. The largest absolute Gasteiger partial charge is 0.491 e. The summed E-state index contributed by atoms with van der Waals surface area (Å²) in [6.45, 7) is 2.67. The molecule has 0 bridgehead atoms. The molecule has 0 amide bonds. The smallest absolute Gasteiger partial charge is 0.119 e. The van der Waals surface area contributed by atoms with E-state index in [1.807, 2.05) is 72.8 Å². The molecule has 2 saturated heterocycles. The maximum atomic E-state index is 10.4. The van der Waals surface area contributed by atoms with Gasteiger partial charge in [-0.25, -0.2) is 0 Å². The fourth-order valence-electron chi connectivity index (χ4n) is 4.58. The zero-order chi connectivity index (χ0) is 30.1. The van der Waals surface area contributed by atoms with Gasteiger partial charge in [0, 0.05) is 0 Å². The molecule has 0 aliphatic carbocycles. The summed E-state index contributed by atoms with van der Waals surface area (Å²) < 4.78 is 33.2. The minimum Gasteiger partial charge on any atom is -0.491 e. The zero-order valence-electron chi connectivity index (χ0n) is 24.5. The predicted octanol–water partition coefficient (Wildman–Crippen LogP) is 4.60. The number of hydrogen-bond donors (Lipinski definition) is 2.